The number of hydrogen-bond acceptors (Lipinski definition) is 4. The smallest absolute Gasteiger partial charge is 0.435 e. The van der Waals surface area contributed by atoms with Crippen LogP contribution in [0, 0.1) is 0 Å². The third-order valence-corrected chi connectivity index (χ3v) is 5.31. The van der Waals surface area contributed by atoms with Gasteiger partial charge in [0.1, 0.15) is 18.5 Å². The number of nitrogens with one attached hydrogen (secondary N) is 1. The van der Waals surface area contributed by atoms with E-state index in [-0.39, 0.29) is 24.3 Å². The van der Waals surface area contributed by atoms with Gasteiger partial charge in [0.25, 0.3) is 0 Å². The van der Waals surface area contributed by atoms with E-state index in [1.807, 2.05) is 30.3 Å². The molecule has 0 aliphatic carbocycles. The molecule has 1 fully saturated rings. The molecule has 32 heavy (non-hydrogen) atoms. The number of benzene rings is 2. The Kier molecular flexibility index (Phi) is 7.96. The second-order valence-electron chi connectivity index (χ2n) is 7.55. The van der Waals surface area contributed by atoms with Gasteiger partial charge in [0.05, 0.1) is 0 Å². The fourth-order valence-corrected chi connectivity index (χ4v) is 3.56. The van der Waals surface area contributed by atoms with Crippen molar-refractivity contribution >= 4 is 23.7 Å². The Morgan fingerprint density at radius 2 is 1.81 bits per heavy atom. The molecule has 1 heterocycles. The van der Waals surface area contributed by atoms with E-state index in [0.29, 0.717) is 31.5 Å². The van der Waals surface area contributed by atoms with Gasteiger partial charge in [-0.1, -0.05) is 61.5 Å². The van der Waals surface area contributed by atoms with E-state index >= 15 is 0 Å². The molecule has 0 radical (unpaired) electrons. The molecular formula is C24H28N4O4. The Bertz CT molecular complexity index is 973. The number of carbonyl (C=O) groups is 3. The summed E-state index contributed by atoms with van der Waals surface area (Å²) in [6.45, 7) is 2.89. The van der Waals surface area contributed by atoms with Crippen LogP contribution < -0.4 is 11.1 Å². The standard InChI is InChI=1S/C24H28N4O4/c1-2-21(29)28-14-6-9-20(28)23(30)26-15-17-10-12-19(13-11-17)22(25)27-24(31)32-16-18-7-4-3-5-8-18/h3-5,7-8,10-13,20H,2,6,9,14-16H2,1H3,(H,26,30)(H2,25,27,31)/t20-/m0/s1. The number of amidine groups is 1. The Balaban J connectivity index is 1.50. The molecule has 2 aromatic rings. The molecule has 0 aromatic heterocycles. The van der Waals surface area contributed by atoms with Crippen LogP contribution in [0.25, 0.3) is 0 Å². The van der Waals surface area contributed by atoms with Gasteiger partial charge in [-0.25, -0.2) is 4.79 Å². The van der Waals surface area contributed by atoms with Gasteiger partial charge in [0.15, 0.2) is 0 Å². The van der Waals surface area contributed by atoms with E-state index in [0.717, 1.165) is 17.5 Å². The molecule has 8 nitrogen and oxygen atoms in total. The van der Waals surface area contributed by atoms with Gasteiger partial charge in [0, 0.05) is 25.1 Å². The van der Waals surface area contributed by atoms with Crippen molar-refractivity contribution in [3.63, 3.8) is 0 Å². The highest BCUT2D eigenvalue weighted by Gasteiger charge is 2.32. The summed E-state index contributed by atoms with van der Waals surface area (Å²) in [6, 6.07) is 16.0. The zero-order valence-electron chi connectivity index (χ0n) is 18.1. The van der Waals surface area contributed by atoms with Crippen molar-refractivity contribution in [2.45, 2.75) is 45.4 Å². The van der Waals surface area contributed by atoms with Crippen LogP contribution in [0.3, 0.4) is 0 Å². The number of nitrogens with two attached hydrogens (primary N) is 1. The van der Waals surface area contributed by atoms with Crippen molar-refractivity contribution in [3.8, 4) is 0 Å². The quantitative estimate of drug-likeness (QED) is 0.512. The number of carbonyl (C=O) groups excluding carboxylic acids is 3. The number of amides is 3. The topological polar surface area (TPSA) is 114 Å². The molecule has 1 aliphatic heterocycles. The van der Waals surface area contributed by atoms with E-state index in [4.69, 9.17) is 10.5 Å². The van der Waals surface area contributed by atoms with E-state index in [9.17, 15) is 14.4 Å². The lowest BCUT2D eigenvalue weighted by atomic mass is 10.1. The summed E-state index contributed by atoms with van der Waals surface area (Å²) in [4.78, 5) is 41.8. The molecule has 168 valence electrons. The summed E-state index contributed by atoms with van der Waals surface area (Å²) >= 11 is 0. The van der Waals surface area contributed by atoms with Gasteiger partial charge in [-0.3, -0.25) is 9.59 Å². The van der Waals surface area contributed by atoms with Gasteiger partial charge < -0.3 is 20.7 Å². The molecule has 1 saturated heterocycles. The lowest BCUT2D eigenvalue weighted by Crippen LogP contribution is -2.45. The maximum absolute atomic E-state index is 12.5. The summed E-state index contributed by atoms with van der Waals surface area (Å²) in [7, 11) is 0. The number of ether oxygens (including phenoxy) is 1. The highest BCUT2D eigenvalue weighted by molar-refractivity contribution is 6.02. The third kappa shape index (κ3) is 6.16. The third-order valence-electron chi connectivity index (χ3n) is 5.31. The van der Waals surface area contributed by atoms with E-state index in [1.54, 1.807) is 36.1 Å². The summed E-state index contributed by atoms with van der Waals surface area (Å²) in [5, 5.41) is 2.89. The predicted octanol–water partition coefficient (Wildman–Crippen LogP) is 2.75. The molecule has 0 spiro atoms. The molecule has 0 bridgehead atoms. The van der Waals surface area contributed by atoms with Gasteiger partial charge in [-0.2, -0.15) is 4.99 Å². The maximum atomic E-state index is 12.5. The van der Waals surface area contributed by atoms with Crippen LogP contribution in [0.15, 0.2) is 59.6 Å². The molecule has 0 saturated carbocycles. The monoisotopic (exact) mass is 436 g/mol. The summed E-state index contributed by atoms with van der Waals surface area (Å²) in [6.07, 6.45) is 1.16. The minimum Gasteiger partial charge on any atom is -0.443 e. The van der Waals surface area contributed by atoms with Crippen molar-refractivity contribution in [2.75, 3.05) is 6.54 Å². The summed E-state index contributed by atoms with van der Waals surface area (Å²) in [5.41, 5.74) is 8.23. The molecule has 0 unspecified atom stereocenters. The fraction of sp³-hybridized carbons (Fsp3) is 0.333. The van der Waals surface area contributed by atoms with Crippen molar-refractivity contribution in [2.24, 2.45) is 10.7 Å². The number of hydrogen-bond donors (Lipinski definition) is 2. The van der Waals surface area contributed by atoms with Gasteiger partial charge in [-0.05, 0) is 24.0 Å². The first kappa shape index (κ1) is 23.0. The molecule has 3 rings (SSSR count). The van der Waals surface area contributed by atoms with E-state index in [1.165, 1.54) is 0 Å². The molecule has 3 N–H and O–H groups in total. The Hall–Kier alpha value is -3.68. The molecule has 2 aromatic carbocycles. The zero-order valence-corrected chi connectivity index (χ0v) is 18.1. The Labute approximate surface area is 187 Å². The normalized spacial score (nSPS) is 16.0. The SMILES string of the molecule is CCC(=O)N1CCC[C@H]1C(=O)NCc1ccc(/C(N)=N/C(=O)OCc2ccccc2)cc1. The largest absolute Gasteiger partial charge is 0.443 e. The van der Waals surface area contributed by atoms with Crippen molar-refractivity contribution < 1.29 is 19.1 Å². The molecule has 1 aliphatic rings. The lowest BCUT2D eigenvalue weighted by Gasteiger charge is -2.23. The predicted molar refractivity (Wildman–Crippen MR) is 121 cm³/mol. The first-order valence-electron chi connectivity index (χ1n) is 10.7. The van der Waals surface area contributed by atoms with Crippen LogP contribution in [0.4, 0.5) is 4.79 Å². The minimum atomic E-state index is -0.759. The first-order valence-corrected chi connectivity index (χ1v) is 10.7. The number of aliphatic imine (C=N–C) groups is 1. The van der Waals surface area contributed by atoms with E-state index < -0.39 is 12.1 Å². The van der Waals surface area contributed by atoms with Gasteiger partial charge in [-0.15, -0.1) is 0 Å². The number of nitrogens with zero attached hydrogens (tertiary/aromatic N) is 2. The number of likely N-dealkylation sites (tertiary alicyclic amines) is 1. The van der Waals surface area contributed by atoms with Crippen LogP contribution in [0.5, 0.6) is 0 Å². The molecular weight excluding hydrogens is 408 g/mol. The van der Waals surface area contributed by atoms with Gasteiger partial charge >= 0.3 is 6.09 Å². The highest BCUT2D eigenvalue weighted by atomic mass is 16.5. The highest BCUT2D eigenvalue weighted by Crippen LogP contribution is 2.18. The maximum Gasteiger partial charge on any atom is 0.435 e. The fourth-order valence-electron chi connectivity index (χ4n) is 3.56. The van der Waals surface area contributed by atoms with Gasteiger partial charge in [0.2, 0.25) is 11.8 Å². The van der Waals surface area contributed by atoms with E-state index in [2.05, 4.69) is 10.3 Å². The second kappa shape index (κ2) is 11.1. The van der Waals surface area contributed by atoms with Crippen LogP contribution in [-0.2, 0) is 27.5 Å². The van der Waals surface area contributed by atoms with Crippen LogP contribution in [0.1, 0.15) is 42.9 Å². The average Bonchev–Trinajstić information content (AvgIpc) is 3.32. The molecule has 1 atom stereocenters. The summed E-state index contributed by atoms with van der Waals surface area (Å²) in [5.74, 6) is -0.0852. The van der Waals surface area contributed by atoms with Crippen LogP contribution in [-0.4, -0.2) is 41.2 Å². The minimum absolute atomic E-state index is 0.00376. The summed E-state index contributed by atoms with van der Waals surface area (Å²) < 4.78 is 5.11. The van der Waals surface area contributed by atoms with Crippen molar-refractivity contribution in [1.29, 1.82) is 0 Å². The Morgan fingerprint density at radius 1 is 1.09 bits per heavy atom. The van der Waals surface area contributed by atoms with Crippen LogP contribution in [0.2, 0.25) is 0 Å². The Morgan fingerprint density at radius 3 is 2.50 bits per heavy atom. The van der Waals surface area contributed by atoms with Crippen LogP contribution >= 0.6 is 0 Å². The molecule has 8 heteroatoms. The van der Waals surface area contributed by atoms with Crippen molar-refractivity contribution in [1.82, 2.24) is 10.2 Å². The average molecular weight is 437 g/mol. The first-order chi connectivity index (χ1) is 15.5. The number of rotatable bonds is 7. The van der Waals surface area contributed by atoms with Crippen molar-refractivity contribution in [3.05, 3.63) is 71.3 Å². The molecule has 3 amide bonds. The zero-order chi connectivity index (χ0) is 22.9. The second-order valence-corrected chi connectivity index (χ2v) is 7.55. The lowest BCUT2D eigenvalue weighted by molar-refractivity contribution is -0.138.